The summed E-state index contributed by atoms with van der Waals surface area (Å²) in [6, 6.07) is 12.6. The maximum atomic E-state index is 13.4. The van der Waals surface area contributed by atoms with Gasteiger partial charge in [0.05, 0.1) is 12.1 Å². The molecule has 36 heavy (non-hydrogen) atoms. The molecule has 0 aliphatic carbocycles. The highest BCUT2D eigenvalue weighted by molar-refractivity contribution is 5.97. The number of rotatable bonds is 2. The van der Waals surface area contributed by atoms with Crippen LogP contribution in [0.1, 0.15) is 39.1 Å². The van der Waals surface area contributed by atoms with Crippen molar-refractivity contribution in [2.75, 3.05) is 32.8 Å². The largest absolute Gasteiger partial charge is 0.491 e. The van der Waals surface area contributed by atoms with E-state index in [0.29, 0.717) is 55.2 Å². The van der Waals surface area contributed by atoms with Crippen LogP contribution in [0.4, 0.5) is 0 Å². The molecule has 0 fully saturated rings. The number of hydrogen-bond acceptors (Lipinski definition) is 5. The van der Waals surface area contributed by atoms with E-state index in [4.69, 9.17) is 4.74 Å². The molecule has 1 aromatic heterocycles. The lowest BCUT2D eigenvalue weighted by Crippen LogP contribution is -2.39. The number of ether oxygens (including phenoxy) is 1. The number of hydrogen-bond donors (Lipinski definition) is 3. The van der Waals surface area contributed by atoms with Crippen LogP contribution in [0.15, 0.2) is 54.9 Å². The van der Waals surface area contributed by atoms with E-state index in [1.165, 1.54) is 0 Å². The number of fused-ring (bicyclic) bond motifs is 1. The molecule has 0 atom stereocenters. The molecule has 190 valence electrons. The summed E-state index contributed by atoms with van der Waals surface area (Å²) in [5, 5.41) is 5.73. The molecule has 1 aliphatic rings. The zero-order valence-electron chi connectivity index (χ0n) is 20.1. The highest BCUT2D eigenvalue weighted by atomic mass is 35.5. The van der Waals surface area contributed by atoms with Crippen molar-refractivity contribution in [3.8, 4) is 17.1 Å². The fourth-order valence-corrected chi connectivity index (χ4v) is 3.94. The molecule has 2 aromatic carbocycles. The number of aromatic amines is 1. The second kappa shape index (κ2) is 12.7. The van der Waals surface area contributed by atoms with Crippen LogP contribution >= 0.6 is 12.4 Å². The molecule has 0 unspecified atom stereocenters. The van der Waals surface area contributed by atoms with E-state index in [1.807, 2.05) is 25.1 Å². The predicted octanol–water partition coefficient (Wildman–Crippen LogP) is 2.97. The van der Waals surface area contributed by atoms with Crippen molar-refractivity contribution in [3.05, 3.63) is 71.5 Å². The van der Waals surface area contributed by atoms with Crippen molar-refractivity contribution in [2.45, 2.75) is 19.8 Å². The summed E-state index contributed by atoms with van der Waals surface area (Å²) in [5.74, 6) is 0.595. The third-order valence-corrected chi connectivity index (χ3v) is 5.73. The van der Waals surface area contributed by atoms with Gasteiger partial charge in [-0.25, -0.2) is 4.98 Å². The maximum Gasteiger partial charge on any atom is 0.255 e. The van der Waals surface area contributed by atoms with Crippen LogP contribution in [-0.4, -0.2) is 65.4 Å². The van der Waals surface area contributed by atoms with E-state index in [2.05, 4.69) is 20.6 Å². The molecule has 0 spiro atoms. The number of nitrogens with zero attached hydrogens (tertiary/aromatic N) is 2. The van der Waals surface area contributed by atoms with Gasteiger partial charge < -0.3 is 25.3 Å². The number of H-pyrrole nitrogens is 1. The molecule has 3 aromatic rings. The lowest BCUT2D eigenvalue weighted by Gasteiger charge is -2.23. The summed E-state index contributed by atoms with van der Waals surface area (Å²) in [6.07, 6.45) is 4.18. The number of benzene rings is 2. The number of aromatic nitrogens is 2. The Morgan fingerprint density at radius 1 is 1.06 bits per heavy atom. The van der Waals surface area contributed by atoms with Crippen LogP contribution in [0, 0.1) is 6.92 Å². The third kappa shape index (κ3) is 6.85. The molecule has 10 heteroatoms. The smallest absolute Gasteiger partial charge is 0.255 e. The predicted molar refractivity (Wildman–Crippen MR) is 138 cm³/mol. The van der Waals surface area contributed by atoms with Crippen LogP contribution < -0.4 is 15.4 Å². The highest BCUT2D eigenvalue weighted by Gasteiger charge is 2.19. The number of halogens is 1. The van der Waals surface area contributed by atoms with Gasteiger partial charge in [-0.3, -0.25) is 14.4 Å². The van der Waals surface area contributed by atoms with Crippen molar-refractivity contribution in [1.29, 1.82) is 0 Å². The van der Waals surface area contributed by atoms with Gasteiger partial charge in [0.2, 0.25) is 5.91 Å². The van der Waals surface area contributed by atoms with Crippen molar-refractivity contribution in [2.24, 2.45) is 0 Å². The minimum Gasteiger partial charge on any atom is -0.491 e. The van der Waals surface area contributed by atoms with Crippen LogP contribution in [-0.2, 0) is 4.79 Å². The van der Waals surface area contributed by atoms with Crippen molar-refractivity contribution in [1.82, 2.24) is 25.5 Å². The summed E-state index contributed by atoms with van der Waals surface area (Å²) in [4.78, 5) is 47.5. The maximum absolute atomic E-state index is 13.4. The SMILES string of the molecule is Cc1ccc2c(c1)C(=O)NCCN(C(=O)c1cccc(-c3ncc[nH]3)c1)CCCC(=O)NCCO2.Cl. The fraction of sp³-hybridized carbons (Fsp3) is 0.308. The van der Waals surface area contributed by atoms with Gasteiger partial charge in [0.1, 0.15) is 18.2 Å². The standard InChI is InChI=1S/C26H29N5O4.ClH/c1-18-7-8-22-21(16-18)25(33)30-11-14-31(13-3-6-23(32)27-12-15-35-22)26(34)20-5-2-4-19(17-20)24-28-9-10-29-24;/h2,4-5,7-10,16-17H,3,6,11-15H2,1H3,(H,27,32)(H,28,29)(H,30,33);1H. The summed E-state index contributed by atoms with van der Waals surface area (Å²) in [7, 11) is 0. The lowest BCUT2D eigenvalue weighted by molar-refractivity contribution is -0.121. The highest BCUT2D eigenvalue weighted by Crippen LogP contribution is 2.20. The van der Waals surface area contributed by atoms with Gasteiger partial charge in [0, 0.05) is 49.6 Å². The monoisotopic (exact) mass is 511 g/mol. The van der Waals surface area contributed by atoms with E-state index >= 15 is 0 Å². The van der Waals surface area contributed by atoms with Crippen LogP contribution in [0.3, 0.4) is 0 Å². The van der Waals surface area contributed by atoms with Gasteiger partial charge in [0.25, 0.3) is 11.8 Å². The molecule has 3 amide bonds. The van der Waals surface area contributed by atoms with Crippen LogP contribution in [0.25, 0.3) is 11.4 Å². The van der Waals surface area contributed by atoms with E-state index in [0.717, 1.165) is 11.1 Å². The first kappa shape index (κ1) is 26.7. The summed E-state index contributed by atoms with van der Waals surface area (Å²) in [6.45, 7) is 3.45. The molecule has 3 N–H and O–H groups in total. The van der Waals surface area contributed by atoms with Crippen molar-refractivity contribution < 1.29 is 19.1 Å². The Bertz CT molecular complexity index is 1200. The Labute approximate surface area is 216 Å². The second-order valence-corrected chi connectivity index (χ2v) is 8.37. The Morgan fingerprint density at radius 3 is 2.72 bits per heavy atom. The van der Waals surface area contributed by atoms with Crippen molar-refractivity contribution in [3.63, 3.8) is 0 Å². The quantitative estimate of drug-likeness (QED) is 0.489. The van der Waals surface area contributed by atoms with Gasteiger partial charge in [-0.1, -0.05) is 23.8 Å². The molecule has 0 bridgehead atoms. The Hall–Kier alpha value is -3.85. The average Bonchev–Trinajstić information content (AvgIpc) is 3.40. The normalized spacial score (nSPS) is 15.2. The molecule has 9 nitrogen and oxygen atoms in total. The van der Waals surface area contributed by atoms with Gasteiger partial charge in [-0.15, -0.1) is 12.4 Å². The summed E-state index contributed by atoms with van der Waals surface area (Å²) in [5.41, 5.74) is 2.68. The number of carbonyl (C=O) groups excluding carboxylic acids is 3. The zero-order valence-corrected chi connectivity index (χ0v) is 20.9. The fourth-order valence-electron chi connectivity index (χ4n) is 3.94. The molecule has 1 aliphatic heterocycles. The Balaban J connectivity index is 0.00000361. The minimum atomic E-state index is -0.269. The van der Waals surface area contributed by atoms with Gasteiger partial charge in [-0.2, -0.15) is 0 Å². The second-order valence-electron chi connectivity index (χ2n) is 8.37. The van der Waals surface area contributed by atoms with Crippen molar-refractivity contribution >= 4 is 30.1 Å². The zero-order chi connectivity index (χ0) is 24.6. The lowest BCUT2D eigenvalue weighted by atomic mass is 10.1. The van der Waals surface area contributed by atoms with Crippen LogP contribution in [0.2, 0.25) is 0 Å². The minimum absolute atomic E-state index is 0. The molecule has 4 rings (SSSR count). The molecule has 2 heterocycles. The molecule has 0 saturated carbocycles. The van der Waals surface area contributed by atoms with Crippen LogP contribution in [0.5, 0.6) is 5.75 Å². The number of carbonyl (C=O) groups is 3. The van der Waals surface area contributed by atoms with E-state index in [1.54, 1.807) is 41.6 Å². The first-order valence-corrected chi connectivity index (χ1v) is 11.7. The summed E-state index contributed by atoms with van der Waals surface area (Å²) >= 11 is 0. The number of imidazole rings is 1. The first-order chi connectivity index (χ1) is 17.0. The summed E-state index contributed by atoms with van der Waals surface area (Å²) < 4.78 is 5.75. The number of nitrogens with one attached hydrogen (secondary N) is 3. The van der Waals surface area contributed by atoms with Gasteiger partial charge >= 0.3 is 0 Å². The van der Waals surface area contributed by atoms with E-state index in [-0.39, 0.29) is 43.3 Å². The van der Waals surface area contributed by atoms with Gasteiger partial charge in [-0.05, 0) is 37.6 Å². The number of amides is 3. The first-order valence-electron chi connectivity index (χ1n) is 11.7. The van der Waals surface area contributed by atoms with E-state index < -0.39 is 0 Å². The topological polar surface area (TPSA) is 116 Å². The molecular weight excluding hydrogens is 482 g/mol. The third-order valence-electron chi connectivity index (χ3n) is 5.73. The number of aryl methyl sites for hydroxylation is 1. The Kier molecular flexibility index (Phi) is 9.46. The molecule has 0 saturated heterocycles. The molecular formula is C26H30ClN5O4. The average molecular weight is 512 g/mol. The van der Waals surface area contributed by atoms with Gasteiger partial charge in [0.15, 0.2) is 0 Å². The molecule has 0 radical (unpaired) electrons. The van der Waals surface area contributed by atoms with E-state index in [9.17, 15) is 14.4 Å². The Morgan fingerprint density at radius 2 is 1.92 bits per heavy atom.